The first-order valence-corrected chi connectivity index (χ1v) is 14.1. The second kappa shape index (κ2) is 14.5. The molecule has 1 fully saturated rings. The second-order valence-corrected chi connectivity index (χ2v) is 11.0. The molecule has 0 saturated carbocycles. The molecule has 2 atom stereocenters. The SMILES string of the molecule is CCN1CCC[C@]1(C)C(=O)[N-]c1ccc(Cl)cc1C(=NC[C@H](Cc1ccc(C(F)(F)F)cc1)C(=O)O)c1ccccc1.[Ni]. The smallest absolute Gasteiger partial charge is 0.416 e. The fraction of sp³-hybridized carbons (Fsp3) is 0.344. The number of hydrogen-bond donors (Lipinski definition) is 1. The van der Waals surface area contributed by atoms with Crippen molar-refractivity contribution in [1.29, 1.82) is 0 Å². The van der Waals surface area contributed by atoms with Gasteiger partial charge in [0.1, 0.15) is 0 Å². The Labute approximate surface area is 264 Å². The predicted molar refractivity (Wildman–Crippen MR) is 158 cm³/mol. The van der Waals surface area contributed by atoms with E-state index in [1.165, 1.54) is 12.1 Å². The zero-order chi connectivity index (χ0) is 30.5. The molecule has 1 aliphatic heterocycles. The molecule has 0 aliphatic carbocycles. The van der Waals surface area contributed by atoms with E-state index in [1.54, 1.807) is 18.2 Å². The van der Waals surface area contributed by atoms with E-state index in [4.69, 9.17) is 16.6 Å². The van der Waals surface area contributed by atoms with Gasteiger partial charge >= 0.3 is 12.1 Å². The number of carbonyl (C=O) groups is 2. The summed E-state index contributed by atoms with van der Waals surface area (Å²) < 4.78 is 38.9. The average molecular weight is 658 g/mol. The minimum atomic E-state index is -4.48. The van der Waals surface area contributed by atoms with Crippen LogP contribution in [0.2, 0.25) is 5.02 Å². The average Bonchev–Trinajstić information content (AvgIpc) is 3.35. The Balaban J connectivity index is 0.00000506. The monoisotopic (exact) mass is 656 g/mol. The number of benzene rings is 3. The van der Waals surface area contributed by atoms with Gasteiger partial charge in [0.05, 0.1) is 35.2 Å². The number of amides is 1. The first-order valence-electron chi connectivity index (χ1n) is 13.7. The number of carboxylic acids is 1. The topological polar surface area (TPSA) is 84.1 Å². The molecule has 1 saturated heterocycles. The molecule has 0 spiro atoms. The molecule has 4 rings (SSSR count). The van der Waals surface area contributed by atoms with Crippen molar-refractivity contribution in [3.8, 4) is 0 Å². The molecular formula is C32H32ClF3N3NiO3-. The normalized spacial score (nSPS) is 18.1. The van der Waals surface area contributed by atoms with Crippen LogP contribution in [0.4, 0.5) is 18.9 Å². The number of carbonyl (C=O) groups excluding carboxylic acids is 1. The maximum atomic E-state index is 13.5. The molecule has 1 N–H and O–H groups in total. The van der Waals surface area contributed by atoms with Crippen LogP contribution in [0.25, 0.3) is 5.32 Å². The number of rotatable bonds is 10. The molecule has 0 bridgehead atoms. The van der Waals surface area contributed by atoms with E-state index in [-0.39, 0.29) is 35.4 Å². The molecule has 0 aromatic heterocycles. The van der Waals surface area contributed by atoms with E-state index in [0.29, 0.717) is 39.5 Å². The Morgan fingerprint density at radius 3 is 2.37 bits per heavy atom. The summed E-state index contributed by atoms with van der Waals surface area (Å²) in [6, 6.07) is 18.5. The summed E-state index contributed by atoms with van der Waals surface area (Å²) in [6.07, 6.45) is -2.92. The van der Waals surface area contributed by atoms with Crippen molar-refractivity contribution < 1.29 is 44.4 Å². The summed E-state index contributed by atoms with van der Waals surface area (Å²) in [6.45, 7) is 5.28. The number of halogens is 4. The van der Waals surface area contributed by atoms with Gasteiger partial charge in [0.25, 0.3) is 0 Å². The summed E-state index contributed by atoms with van der Waals surface area (Å²) >= 11 is 6.39. The van der Waals surface area contributed by atoms with E-state index in [2.05, 4.69) is 10.2 Å². The Morgan fingerprint density at radius 2 is 1.77 bits per heavy atom. The van der Waals surface area contributed by atoms with Crippen LogP contribution < -0.4 is 0 Å². The van der Waals surface area contributed by atoms with Gasteiger partial charge in [-0.2, -0.15) is 13.2 Å². The van der Waals surface area contributed by atoms with Gasteiger partial charge in [0, 0.05) is 27.1 Å². The minimum absolute atomic E-state index is 0. The molecule has 1 amide bonds. The van der Waals surface area contributed by atoms with E-state index in [9.17, 15) is 27.9 Å². The number of alkyl halides is 3. The Kier molecular flexibility index (Phi) is 11.6. The molecule has 3 aromatic rings. The number of aliphatic imine (C=N–C) groups is 1. The number of likely N-dealkylation sites (tertiary alicyclic amines) is 1. The van der Waals surface area contributed by atoms with Crippen LogP contribution in [0.15, 0.2) is 77.8 Å². The largest absolute Gasteiger partial charge is 0.625 e. The molecule has 6 nitrogen and oxygen atoms in total. The Hall–Kier alpha value is -3.20. The fourth-order valence-corrected chi connectivity index (χ4v) is 5.44. The van der Waals surface area contributed by atoms with Gasteiger partial charge in [-0.25, -0.2) is 0 Å². The summed E-state index contributed by atoms with van der Waals surface area (Å²) in [5.74, 6) is -2.42. The van der Waals surface area contributed by atoms with Crippen molar-refractivity contribution in [2.45, 2.75) is 44.8 Å². The van der Waals surface area contributed by atoms with Crippen LogP contribution in [-0.4, -0.2) is 52.8 Å². The Bertz CT molecular complexity index is 1450. The van der Waals surface area contributed by atoms with Crippen LogP contribution >= 0.6 is 11.6 Å². The predicted octanol–water partition coefficient (Wildman–Crippen LogP) is 7.54. The minimum Gasteiger partial charge on any atom is -0.625 e. The molecule has 43 heavy (non-hydrogen) atoms. The van der Waals surface area contributed by atoms with Crippen LogP contribution in [-0.2, 0) is 38.7 Å². The molecule has 232 valence electrons. The van der Waals surface area contributed by atoms with Gasteiger partial charge in [0.2, 0.25) is 0 Å². The van der Waals surface area contributed by atoms with Gasteiger partial charge in [-0.1, -0.05) is 67.1 Å². The van der Waals surface area contributed by atoms with E-state index in [1.807, 2.05) is 44.2 Å². The summed E-state index contributed by atoms with van der Waals surface area (Å²) in [5, 5.41) is 14.9. The van der Waals surface area contributed by atoms with E-state index < -0.39 is 29.2 Å². The number of carboxylic acid groups (broad SMARTS) is 1. The Morgan fingerprint density at radius 1 is 1.09 bits per heavy atom. The van der Waals surface area contributed by atoms with Crippen LogP contribution in [0.5, 0.6) is 0 Å². The van der Waals surface area contributed by atoms with Gasteiger partial charge in [-0.3, -0.25) is 14.7 Å². The zero-order valence-corrected chi connectivity index (χ0v) is 25.4. The second-order valence-electron chi connectivity index (χ2n) is 10.5. The summed E-state index contributed by atoms with van der Waals surface area (Å²) in [7, 11) is 0. The van der Waals surface area contributed by atoms with Crippen LogP contribution in [0.3, 0.4) is 0 Å². The third kappa shape index (κ3) is 8.25. The number of aliphatic carboxylic acids is 1. The number of nitrogens with zero attached hydrogens (tertiary/aromatic N) is 3. The van der Waals surface area contributed by atoms with Gasteiger partial charge in [-0.15, -0.1) is 5.69 Å². The molecule has 0 radical (unpaired) electrons. The van der Waals surface area contributed by atoms with Crippen LogP contribution in [0, 0.1) is 5.92 Å². The van der Waals surface area contributed by atoms with Crippen molar-refractivity contribution in [2.24, 2.45) is 10.9 Å². The summed E-state index contributed by atoms with van der Waals surface area (Å²) in [4.78, 5) is 32.5. The maximum Gasteiger partial charge on any atom is 0.416 e. The van der Waals surface area contributed by atoms with Crippen LogP contribution in [0.1, 0.15) is 48.9 Å². The molecule has 1 aliphatic rings. The van der Waals surface area contributed by atoms with E-state index >= 15 is 0 Å². The van der Waals surface area contributed by atoms with Crippen molar-refractivity contribution in [3.63, 3.8) is 0 Å². The molecule has 11 heteroatoms. The molecular weight excluding hydrogens is 626 g/mol. The number of likely N-dealkylation sites (N-methyl/N-ethyl adjacent to an activating group) is 1. The van der Waals surface area contributed by atoms with Crippen molar-refractivity contribution in [2.75, 3.05) is 19.6 Å². The maximum absolute atomic E-state index is 13.5. The standard InChI is InChI=1S/C32H33ClF3N3O3.Ni/c1-3-39-17-7-16-31(39,2)30(42)38-27-15-14-25(33)19-26(27)28(22-8-5-4-6-9-22)37-20-23(29(40)41)18-21-10-12-24(13-11-21)32(34,35)36;/h4-6,8-15,19,23H,3,7,16-18,20H2,1-2H3,(H2,37,38,40,41,42);/p-1/t23-,31+;/m0./s1. The first-order chi connectivity index (χ1) is 19.9. The fourth-order valence-electron chi connectivity index (χ4n) is 5.27. The number of hydrogen-bond acceptors (Lipinski definition) is 4. The van der Waals surface area contributed by atoms with E-state index in [0.717, 1.165) is 31.6 Å². The van der Waals surface area contributed by atoms with Gasteiger partial charge in [-0.05, 0) is 74.7 Å². The summed E-state index contributed by atoms with van der Waals surface area (Å²) in [5.41, 5.74) is 0.836. The molecule has 0 unspecified atom stereocenters. The van der Waals surface area contributed by atoms with Crippen molar-refractivity contribution in [3.05, 3.63) is 105 Å². The van der Waals surface area contributed by atoms with Crippen molar-refractivity contribution >= 4 is 34.9 Å². The van der Waals surface area contributed by atoms with Gasteiger partial charge < -0.3 is 15.2 Å². The molecule has 1 heterocycles. The molecule has 3 aromatic carbocycles. The zero-order valence-electron chi connectivity index (χ0n) is 23.7. The third-order valence-corrected chi connectivity index (χ3v) is 7.93. The first kappa shape index (κ1) is 34.3. The quantitative estimate of drug-likeness (QED) is 0.180. The van der Waals surface area contributed by atoms with Crippen molar-refractivity contribution in [1.82, 2.24) is 4.90 Å². The third-order valence-electron chi connectivity index (χ3n) is 7.70. The van der Waals surface area contributed by atoms with Gasteiger partial charge in [0.15, 0.2) is 0 Å².